The molecule has 0 aromatic carbocycles. The molecular weight excluding hydrogens is 294 g/mol. The lowest BCUT2D eigenvalue weighted by Crippen LogP contribution is -2.49. The van der Waals surface area contributed by atoms with E-state index in [-0.39, 0.29) is 24.0 Å². The number of hydrogen-bond acceptors (Lipinski definition) is 3. The van der Waals surface area contributed by atoms with E-state index in [4.69, 9.17) is 0 Å². The zero-order chi connectivity index (χ0) is 17.0. The van der Waals surface area contributed by atoms with Gasteiger partial charge in [-0.2, -0.15) is 5.10 Å². The van der Waals surface area contributed by atoms with E-state index in [2.05, 4.69) is 10.4 Å². The zero-order valence-electron chi connectivity index (χ0n) is 14.5. The maximum Gasteiger partial charge on any atom is 0.323 e. The maximum absolute atomic E-state index is 12.6. The van der Waals surface area contributed by atoms with Crippen LogP contribution in [0.15, 0.2) is 12.3 Å². The Hall–Kier alpha value is -2.05. The fourth-order valence-corrected chi connectivity index (χ4v) is 3.02. The molecule has 0 spiro atoms. The zero-order valence-corrected chi connectivity index (χ0v) is 14.5. The number of amides is 3. The van der Waals surface area contributed by atoms with E-state index >= 15 is 0 Å². The predicted octanol–water partition coefficient (Wildman–Crippen LogP) is 2.33. The Morgan fingerprint density at radius 1 is 1.39 bits per heavy atom. The van der Waals surface area contributed by atoms with Crippen LogP contribution in [0.25, 0.3) is 0 Å². The molecule has 0 radical (unpaired) electrons. The summed E-state index contributed by atoms with van der Waals surface area (Å²) in [5, 5.41) is 7.10. The smallest absolute Gasteiger partial charge is 0.323 e. The number of nitrogens with zero attached hydrogens (tertiary/aromatic N) is 4. The van der Waals surface area contributed by atoms with Crippen LogP contribution >= 0.6 is 0 Å². The van der Waals surface area contributed by atoms with Crippen LogP contribution in [0.5, 0.6) is 0 Å². The molecule has 0 bridgehead atoms. The molecule has 2 rings (SSSR count). The molecule has 1 atom stereocenters. The molecule has 2 heterocycles. The van der Waals surface area contributed by atoms with Gasteiger partial charge in [0.15, 0.2) is 0 Å². The van der Waals surface area contributed by atoms with Crippen molar-refractivity contribution >= 4 is 17.8 Å². The highest BCUT2D eigenvalue weighted by Crippen LogP contribution is 2.21. The molecule has 0 aliphatic carbocycles. The number of likely N-dealkylation sites (N-methyl/N-ethyl adjacent to an activating group) is 1. The molecule has 7 heteroatoms. The van der Waals surface area contributed by atoms with Crippen molar-refractivity contribution in [3.8, 4) is 0 Å². The quantitative estimate of drug-likeness (QED) is 0.905. The topological polar surface area (TPSA) is 70.5 Å². The number of carbonyl (C=O) groups is 2. The summed E-state index contributed by atoms with van der Waals surface area (Å²) in [6.45, 7) is 9.88. The minimum absolute atomic E-state index is 0.0417. The van der Waals surface area contributed by atoms with Gasteiger partial charge in [0.05, 0.1) is 6.20 Å². The third-order valence-corrected chi connectivity index (χ3v) is 4.27. The van der Waals surface area contributed by atoms with E-state index in [0.717, 1.165) is 12.8 Å². The lowest BCUT2D eigenvalue weighted by Gasteiger charge is -2.29. The summed E-state index contributed by atoms with van der Waals surface area (Å²) < 4.78 is 1.76. The predicted molar refractivity (Wildman–Crippen MR) is 89.3 cm³/mol. The van der Waals surface area contributed by atoms with Gasteiger partial charge >= 0.3 is 6.03 Å². The van der Waals surface area contributed by atoms with Crippen LogP contribution in [0, 0.1) is 0 Å². The number of aromatic nitrogens is 2. The van der Waals surface area contributed by atoms with Crippen LogP contribution in [0.3, 0.4) is 0 Å². The molecule has 7 nitrogen and oxygen atoms in total. The molecular formula is C16H27N5O2. The van der Waals surface area contributed by atoms with E-state index in [1.54, 1.807) is 26.7 Å². The second-order valence-corrected chi connectivity index (χ2v) is 6.05. The minimum Gasteiger partial charge on any atom is -0.341 e. The van der Waals surface area contributed by atoms with E-state index in [1.807, 2.05) is 27.7 Å². The average Bonchev–Trinajstić information content (AvgIpc) is 3.16. The van der Waals surface area contributed by atoms with Crippen molar-refractivity contribution in [2.75, 3.05) is 25.0 Å². The Balaban J connectivity index is 2.09. The van der Waals surface area contributed by atoms with Gasteiger partial charge in [0, 0.05) is 31.7 Å². The minimum atomic E-state index is -0.356. The van der Waals surface area contributed by atoms with E-state index < -0.39 is 0 Å². The molecule has 128 valence electrons. The maximum atomic E-state index is 12.6. The largest absolute Gasteiger partial charge is 0.341 e. The average molecular weight is 321 g/mol. The Labute approximate surface area is 137 Å². The molecule has 1 fully saturated rings. The van der Waals surface area contributed by atoms with Crippen molar-refractivity contribution in [3.05, 3.63) is 12.3 Å². The van der Waals surface area contributed by atoms with E-state index in [1.165, 1.54) is 0 Å². The van der Waals surface area contributed by atoms with Crippen LogP contribution < -0.4 is 5.32 Å². The summed E-state index contributed by atoms with van der Waals surface area (Å²) in [6.07, 6.45) is 3.25. The van der Waals surface area contributed by atoms with Gasteiger partial charge in [-0.15, -0.1) is 0 Å². The summed E-state index contributed by atoms with van der Waals surface area (Å²) in [4.78, 5) is 28.6. The number of hydrogen-bond donors (Lipinski definition) is 1. The standard InChI is InChI=1S/C16H27N5O2/c1-5-19(6-2)15(22)13-8-7-11-20(13)16(23)18-14-9-10-17-21(14)12(3)4/h9-10,12-13H,5-8,11H2,1-4H3,(H,18,23)/t13-/m1/s1. The van der Waals surface area contributed by atoms with Crippen LogP contribution in [-0.4, -0.2) is 57.2 Å². The molecule has 1 aromatic heterocycles. The molecule has 1 aromatic rings. The molecule has 1 saturated heterocycles. The lowest BCUT2D eigenvalue weighted by molar-refractivity contribution is -0.134. The Bertz CT molecular complexity index is 550. The molecule has 1 aliphatic heterocycles. The molecule has 0 saturated carbocycles. The van der Waals surface area contributed by atoms with Crippen molar-refractivity contribution in [1.82, 2.24) is 19.6 Å². The van der Waals surface area contributed by atoms with Gasteiger partial charge in [-0.1, -0.05) is 0 Å². The summed E-state index contributed by atoms with van der Waals surface area (Å²) in [5.74, 6) is 0.700. The van der Waals surface area contributed by atoms with Crippen LogP contribution in [0.4, 0.5) is 10.6 Å². The highest BCUT2D eigenvalue weighted by atomic mass is 16.2. The summed E-state index contributed by atoms with van der Waals surface area (Å²) in [6, 6.07) is 1.35. The van der Waals surface area contributed by atoms with Gasteiger partial charge in [-0.05, 0) is 40.5 Å². The first-order valence-corrected chi connectivity index (χ1v) is 8.39. The summed E-state index contributed by atoms with van der Waals surface area (Å²) in [5.41, 5.74) is 0. The van der Waals surface area contributed by atoms with E-state index in [9.17, 15) is 9.59 Å². The number of urea groups is 1. The molecule has 1 N–H and O–H groups in total. The molecule has 1 aliphatic rings. The highest BCUT2D eigenvalue weighted by Gasteiger charge is 2.36. The van der Waals surface area contributed by atoms with Crippen molar-refractivity contribution in [1.29, 1.82) is 0 Å². The molecule has 23 heavy (non-hydrogen) atoms. The van der Waals surface area contributed by atoms with Gasteiger partial charge in [-0.25, -0.2) is 9.48 Å². The molecule has 0 unspecified atom stereocenters. The first-order valence-electron chi connectivity index (χ1n) is 8.39. The van der Waals surface area contributed by atoms with Crippen molar-refractivity contribution in [3.63, 3.8) is 0 Å². The second kappa shape index (κ2) is 7.48. The number of rotatable bonds is 5. The van der Waals surface area contributed by atoms with Gasteiger partial charge in [0.25, 0.3) is 0 Å². The van der Waals surface area contributed by atoms with Crippen molar-refractivity contribution in [2.45, 2.75) is 52.6 Å². The number of carbonyl (C=O) groups excluding carboxylic acids is 2. The monoisotopic (exact) mass is 321 g/mol. The van der Waals surface area contributed by atoms with E-state index in [0.29, 0.717) is 25.5 Å². The van der Waals surface area contributed by atoms with Crippen LogP contribution in [-0.2, 0) is 4.79 Å². The van der Waals surface area contributed by atoms with Crippen molar-refractivity contribution < 1.29 is 9.59 Å². The number of anilines is 1. The van der Waals surface area contributed by atoms with Gasteiger partial charge in [-0.3, -0.25) is 10.1 Å². The van der Waals surface area contributed by atoms with Gasteiger partial charge in [0.2, 0.25) is 5.91 Å². The molecule has 3 amide bonds. The van der Waals surface area contributed by atoms with Crippen LogP contribution in [0.1, 0.15) is 46.6 Å². The SMILES string of the molecule is CCN(CC)C(=O)[C@H]1CCCN1C(=O)Nc1ccnn1C(C)C. The number of nitrogens with one attached hydrogen (secondary N) is 1. The van der Waals surface area contributed by atoms with Crippen molar-refractivity contribution in [2.24, 2.45) is 0 Å². The first kappa shape index (κ1) is 17.3. The van der Waals surface area contributed by atoms with Gasteiger partial charge in [0.1, 0.15) is 11.9 Å². The lowest BCUT2D eigenvalue weighted by atomic mass is 10.2. The Kier molecular flexibility index (Phi) is 5.63. The summed E-state index contributed by atoms with van der Waals surface area (Å²) >= 11 is 0. The summed E-state index contributed by atoms with van der Waals surface area (Å²) in [7, 11) is 0. The van der Waals surface area contributed by atoms with Crippen LogP contribution in [0.2, 0.25) is 0 Å². The first-order chi connectivity index (χ1) is 11.0. The number of likely N-dealkylation sites (tertiary alicyclic amines) is 1. The fourth-order valence-electron chi connectivity index (χ4n) is 3.02. The van der Waals surface area contributed by atoms with Gasteiger partial charge < -0.3 is 9.80 Å². The highest BCUT2D eigenvalue weighted by molar-refractivity contribution is 5.93. The Morgan fingerprint density at radius 3 is 2.70 bits per heavy atom. The fraction of sp³-hybridized carbons (Fsp3) is 0.688. The second-order valence-electron chi connectivity index (χ2n) is 6.05. The third kappa shape index (κ3) is 3.65. The normalized spacial score (nSPS) is 17.6. The Morgan fingerprint density at radius 2 is 2.09 bits per heavy atom. The third-order valence-electron chi connectivity index (χ3n) is 4.27.